The summed E-state index contributed by atoms with van der Waals surface area (Å²) in [6, 6.07) is 10.5. The first-order chi connectivity index (χ1) is 10.4. The van der Waals surface area contributed by atoms with Crippen LogP contribution in [0.5, 0.6) is 0 Å². The summed E-state index contributed by atoms with van der Waals surface area (Å²) in [7, 11) is 0. The second-order valence-electron chi connectivity index (χ2n) is 5.20. The van der Waals surface area contributed by atoms with E-state index in [0.29, 0.717) is 5.25 Å². The minimum Gasteiger partial charge on any atom is -0.376 e. The zero-order valence-electron chi connectivity index (χ0n) is 12.2. The van der Waals surface area contributed by atoms with Crippen molar-refractivity contribution in [3.05, 3.63) is 35.9 Å². The molecule has 1 fully saturated rings. The fourth-order valence-corrected chi connectivity index (χ4v) is 3.59. The van der Waals surface area contributed by atoms with Crippen molar-refractivity contribution in [3.8, 4) is 0 Å². The first kappa shape index (κ1) is 14.5. The van der Waals surface area contributed by atoms with E-state index < -0.39 is 0 Å². The number of rotatable bonds is 6. The molecule has 0 aliphatic carbocycles. The average molecular weight is 304 g/mol. The molecule has 1 saturated heterocycles. The standard InChI is InChI=1S/C15H20N4OS/c1-2-14(12-7-4-3-5-8-12)21-15-16-17-18-19(15)11-13-9-6-10-20-13/h3-5,7-8,13-14H,2,6,9-11H2,1H3/t13-,14-/m0/s1. The van der Waals surface area contributed by atoms with Gasteiger partial charge in [-0.3, -0.25) is 0 Å². The van der Waals surface area contributed by atoms with Gasteiger partial charge in [0.2, 0.25) is 5.16 Å². The molecule has 0 bridgehead atoms. The lowest BCUT2D eigenvalue weighted by Gasteiger charge is -2.15. The molecule has 0 spiro atoms. The van der Waals surface area contributed by atoms with Crippen molar-refractivity contribution in [3.63, 3.8) is 0 Å². The fraction of sp³-hybridized carbons (Fsp3) is 0.533. The quantitative estimate of drug-likeness (QED) is 0.768. The van der Waals surface area contributed by atoms with Gasteiger partial charge in [-0.05, 0) is 35.3 Å². The summed E-state index contributed by atoms with van der Waals surface area (Å²) >= 11 is 1.73. The molecule has 0 saturated carbocycles. The molecule has 0 amide bonds. The van der Waals surface area contributed by atoms with Crippen LogP contribution in [0.2, 0.25) is 0 Å². The van der Waals surface area contributed by atoms with Gasteiger partial charge in [0.15, 0.2) is 0 Å². The van der Waals surface area contributed by atoms with Crippen molar-refractivity contribution in [2.45, 2.75) is 49.2 Å². The van der Waals surface area contributed by atoms with Crippen molar-refractivity contribution in [1.82, 2.24) is 20.2 Å². The van der Waals surface area contributed by atoms with Crippen molar-refractivity contribution < 1.29 is 4.74 Å². The van der Waals surface area contributed by atoms with E-state index in [1.807, 2.05) is 10.7 Å². The molecule has 2 atom stereocenters. The molecule has 0 unspecified atom stereocenters. The lowest BCUT2D eigenvalue weighted by atomic mass is 10.1. The highest BCUT2D eigenvalue weighted by molar-refractivity contribution is 7.99. The number of aromatic nitrogens is 4. The number of hydrogen-bond acceptors (Lipinski definition) is 5. The zero-order valence-corrected chi connectivity index (χ0v) is 13.0. The summed E-state index contributed by atoms with van der Waals surface area (Å²) < 4.78 is 7.55. The van der Waals surface area contributed by atoms with Crippen LogP contribution in [-0.4, -0.2) is 32.9 Å². The van der Waals surface area contributed by atoms with Crippen LogP contribution in [0.4, 0.5) is 0 Å². The van der Waals surface area contributed by atoms with Crippen LogP contribution in [0.3, 0.4) is 0 Å². The van der Waals surface area contributed by atoms with Gasteiger partial charge in [-0.25, -0.2) is 4.68 Å². The molecule has 0 N–H and O–H groups in total. The lowest BCUT2D eigenvalue weighted by molar-refractivity contribution is 0.0911. The second kappa shape index (κ2) is 7.04. The molecule has 2 heterocycles. The summed E-state index contributed by atoms with van der Waals surface area (Å²) in [5.41, 5.74) is 1.32. The molecule has 3 rings (SSSR count). The highest BCUT2D eigenvalue weighted by Gasteiger charge is 2.21. The number of tetrazole rings is 1. The van der Waals surface area contributed by atoms with Gasteiger partial charge >= 0.3 is 0 Å². The molecule has 1 aromatic carbocycles. The Morgan fingerprint density at radius 2 is 2.24 bits per heavy atom. The maximum atomic E-state index is 5.67. The zero-order chi connectivity index (χ0) is 14.5. The van der Waals surface area contributed by atoms with Crippen LogP contribution in [0.1, 0.15) is 37.0 Å². The summed E-state index contributed by atoms with van der Waals surface area (Å²) in [5, 5.41) is 13.4. The van der Waals surface area contributed by atoms with Crippen molar-refractivity contribution in [2.24, 2.45) is 0 Å². The summed E-state index contributed by atoms with van der Waals surface area (Å²) in [4.78, 5) is 0. The van der Waals surface area contributed by atoms with E-state index in [0.717, 1.165) is 37.6 Å². The predicted octanol–water partition coefficient (Wildman–Crippen LogP) is 3.10. The van der Waals surface area contributed by atoms with E-state index in [1.165, 1.54) is 5.56 Å². The van der Waals surface area contributed by atoms with Gasteiger partial charge < -0.3 is 4.74 Å². The van der Waals surface area contributed by atoms with Gasteiger partial charge in [-0.1, -0.05) is 49.0 Å². The molecule has 0 radical (unpaired) electrons. The number of thioether (sulfide) groups is 1. The van der Waals surface area contributed by atoms with Gasteiger partial charge in [0, 0.05) is 11.9 Å². The molecule has 1 aromatic heterocycles. The van der Waals surface area contributed by atoms with Gasteiger partial charge in [0.25, 0.3) is 0 Å². The molecule has 6 heteroatoms. The van der Waals surface area contributed by atoms with Crippen molar-refractivity contribution in [1.29, 1.82) is 0 Å². The first-order valence-corrected chi connectivity index (χ1v) is 8.34. The van der Waals surface area contributed by atoms with Crippen LogP contribution >= 0.6 is 11.8 Å². The Bertz CT molecular complexity index is 554. The van der Waals surface area contributed by atoms with E-state index >= 15 is 0 Å². The predicted molar refractivity (Wildman–Crippen MR) is 82.1 cm³/mol. The normalized spacial score (nSPS) is 19.8. The van der Waals surface area contributed by atoms with Crippen LogP contribution in [0.15, 0.2) is 35.5 Å². The average Bonchev–Trinajstić information content (AvgIpc) is 3.18. The molecular formula is C15H20N4OS. The second-order valence-corrected chi connectivity index (χ2v) is 6.37. The van der Waals surface area contributed by atoms with Crippen LogP contribution in [-0.2, 0) is 11.3 Å². The van der Waals surface area contributed by atoms with Gasteiger partial charge in [-0.15, -0.1) is 5.10 Å². The van der Waals surface area contributed by atoms with E-state index in [1.54, 1.807) is 11.8 Å². The molecule has 2 aromatic rings. The maximum absolute atomic E-state index is 5.67. The minimum atomic E-state index is 0.254. The monoisotopic (exact) mass is 304 g/mol. The summed E-state index contributed by atoms with van der Waals surface area (Å²) in [5.74, 6) is 0. The van der Waals surface area contributed by atoms with E-state index in [9.17, 15) is 0 Å². The molecule has 112 valence electrons. The van der Waals surface area contributed by atoms with Crippen molar-refractivity contribution >= 4 is 11.8 Å². The summed E-state index contributed by atoms with van der Waals surface area (Å²) in [6.45, 7) is 3.80. The maximum Gasteiger partial charge on any atom is 0.209 e. The third kappa shape index (κ3) is 3.63. The Balaban J connectivity index is 1.70. The lowest BCUT2D eigenvalue weighted by Crippen LogP contribution is -2.17. The third-order valence-corrected chi connectivity index (χ3v) is 5.08. The minimum absolute atomic E-state index is 0.254. The Labute approximate surface area is 129 Å². The number of benzene rings is 1. The first-order valence-electron chi connectivity index (χ1n) is 7.46. The van der Waals surface area contributed by atoms with E-state index in [2.05, 4.69) is 46.7 Å². The molecule has 5 nitrogen and oxygen atoms in total. The van der Waals surface area contributed by atoms with E-state index in [4.69, 9.17) is 4.74 Å². The van der Waals surface area contributed by atoms with Crippen LogP contribution < -0.4 is 0 Å². The number of hydrogen-bond donors (Lipinski definition) is 0. The highest BCUT2D eigenvalue weighted by Crippen LogP contribution is 2.36. The van der Waals surface area contributed by atoms with Gasteiger partial charge in [0.1, 0.15) is 0 Å². The third-order valence-electron chi connectivity index (χ3n) is 3.69. The van der Waals surface area contributed by atoms with Crippen molar-refractivity contribution in [2.75, 3.05) is 6.61 Å². The SMILES string of the molecule is CC[C@H](Sc1nnnn1C[C@@H]1CCCO1)c1ccccc1. The fourth-order valence-electron chi connectivity index (χ4n) is 2.56. The van der Waals surface area contributed by atoms with E-state index in [-0.39, 0.29) is 6.10 Å². The highest BCUT2D eigenvalue weighted by atomic mass is 32.2. The van der Waals surface area contributed by atoms with Crippen LogP contribution in [0, 0.1) is 0 Å². The van der Waals surface area contributed by atoms with Gasteiger partial charge in [0.05, 0.1) is 12.6 Å². The molecule has 1 aliphatic rings. The van der Waals surface area contributed by atoms with Crippen LogP contribution in [0.25, 0.3) is 0 Å². The Hall–Kier alpha value is -1.40. The largest absolute Gasteiger partial charge is 0.376 e. The molecular weight excluding hydrogens is 284 g/mol. The Morgan fingerprint density at radius 1 is 1.38 bits per heavy atom. The Kier molecular flexibility index (Phi) is 4.87. The van der Waals surface area contributed by atoms with Gasteiger partial charge in [-0.2, -0.15) is 0 Å². The molecule has 1 aliphatic heterocycles. The summed E-state index contributed by atoms with van der Waals surface area (Å²) in [6.07, 6.45) is 3.53. The topological polar surface area (TPSA) is 52.8 Å². The number of ether oxygens (including phenoxy) is 1. The number of nitrogens with zero attached hydrogens (tertiary/aromatic N) is 4. The Morgan fingerprint density at radius 3 is 2.95 bits per heavy atom. The smallest absolute Gasteiger partial charge is 0.209 e. The molecule has 21 heavy (non-hydrogen) atoms.